The quantitative estimate of drug-likeness (QED) is 0.862. The van der Waals surface area contributed by atoms with Crippen molar-refractivity contribution in [2.75, 3.05) is 19.7 Å². The van der Waals surface area contributed by atoms with Crippen molar-refractivity contribution in [3.05, 3.63) is 41.7 Å². The van der Waals surface area contributed by atoms with Crippen LogP contribution in [0, 0.1) is 5.92 Å². The smallest absolute Gasteiger partial charge is 0.263 e. The molecule has 0 aliphatic carbocycles. The number of aromatic nitrogens is 3. The minimum Gasteiger partial charge on any atom is -0.480 e. The fraction of sp³-hybridized carbons (Fsp3) is 0.550. The minimum absolute atomic E-state index is 0.0902. The van der Waals surface area contributed by atoms with Crippen LogP contribution in [-0.4, -0.2) is 56.7 Å². The van der Waals surface area contributed by atoms with Crippen molar-refractivity contribution in [1.82, 2.24) is 19.9 Å². The monoisotopic (exact) mass is 370 g/mol. The summed E-state index contributed by atoms with van der Waals surface area (Å²) in [6.45, 7) is 2.44. The van der Waals surface area contributed by atoms with Crippen LogP contribution in [-0.2, 0) is 24.2 Å². The molecular weight excluding hydrogens is 344 g/mol. The number of hydrogen-bond acceptors (Lipinski definition) is 5. The molecule has 144 valence electrons. The Bertz CT molecular complexity index is 783. The number of carbonyl (C=O) groups excluding carboxylic acids is 1. The fourth-order valence-electron chi connectivity index (χ4n) is 3.96. The summed E-state index contributed by atoms with van der Waals surface area (Å²) in [6, 6.07) is 7.98. The summed E-state index contributed by atoms with van der Waals surface area (Å²) in [4.78, 5) is 14.8. The van der Waals surface area contributed by atoms with Gasteiger partial charge in [-0.2, -0.15) is 0 Å². The van der Waals surface area contributed by atoms with E-state index in [1.165, 1.54) is 5.56 Å². The molecule has 0 saturated carbocycles. The molecule has 3 heterocycles. The van der Waals surface area contributed by atoms with Gasteiger partial charge in [-0.05, 0) is 43.2 Å². The Balaban J connectivity index is 1.28. The standard InChI is InChI=1S/C20H26N4O3/c25-12-9-17-14-24(22-21-17)13-15-7-10-23(11-8-15)20(26)19-6-5-16-3-1-2-4-18(16)27-19/h1-4,14-15,19,25H,5-13H2. The summed E-state index contributed by atoms with van der Waals surface area (Å²) in [5.41, 5.74) is 2.01. The van der Waals surface area contributed by atoms with Crippen molar-refractivity contribution in [2.24, 2.45) is 5.92 Å². The number of amides is 1. The molecule has 0 radical (unpaired) electrons. The highest BCUT2D eigenvalue weighted by molar-refractivity contribution is 5.81. The number of aliphatic hydroxyl groups is 1. The first-order valence-electron chi connectivity index (χ1n) is 9.76. The third-order valence-corrected chi connectivity index (χ3v) is 5.52. The number of ether oxygens (including phenoxy) is 1. The summed E-state index contributed by atoms with van der Waals surface area (Å²) in [5, 5.41) is 17.2. The molecule has 1 amide bonds. The number of likely N-dealkylation sites (tertiary alicyclic amines) is 1. The summed E-state index contributed by atoms with van der Waals surface area (Å²) < 4.78 is 7.82. The number of rotatable bonds is 5. The molecule has 2 aliphatic rings. The van der Waals surface area contributed by atoms with Crippen LogP contribution in [0.4, 0.5) is 0 Å². The molecule has 7 nitrogen and oxygen atoms in total. The van der Waals surface area contributed by atoms with E-state index in [-0.39, 0.29) is 18.6 Å². The number of fused-ring (bicyclic) bond motifs is 1. The summed E-state index contributed by atoms with van der Waals surface area (Å²) in [6.07, 6.45) is 5.66. The van der Waals surface area contributed by atoms with E-state index in [0.29, 0.717) is 12.3 Å². The van der Waals surface area contributed by atoms with Crippen LogP contribution in [0.15, 0.2) is 30.5 Å². The van der Waals surface area contributed by atoms with Gasteiger partial charge in [0.1, 0.15) is 5.75 Å². The van der Waals surface area contributed by atoms with Crippen molar-refractivity contribution in [3.8, 4) is 5.75 Å². The number of carbonyl (C=O) groups is 1. The van der Waals surface area contributed by atoms with Crippen molar-refractivity contribution in [1.29, 1.82) is 0 Å². The Hall–Kier alpha value is -2.41. The van der Waals surface area contributed by atoms with Crippen LogP contribution >= 0.6 is 0 Å². The van der Waals surface area contributed by atoms with Gasteiger partial charge in [0.2, 0.25) is 0 Å². The highest BCUT2D eigenvalue weighted by Crippen LogP contribution is 2.29. The maximum absolute atomic E-state index is 12.9. The topological polar surface area (TPSA) is 80.5 Å². The first kappa shape index (κ1) is 18.0. The van der Waals surface area contributed by atoms with Gasteiger partial charge < -0.3 is 14.7 Å². The maximum atomic E-state index is 12.9. The van der Waals surface area contributed by atoms with Gasteiger partial charge in [-0.3, -0.25) is 9.48 Å². The number of aryl methyl sites for hydroxylation is 1. The molecule has 1 aromatic heterocycles. The van der Waals surface area contributed by atoms with Crippen LogP contribution in [0.25, 0.3) is 0 Å². The fourth-order valence-corrected chi connectivity index (χ4v) is 3.96. The van der Waals surface area contributed by atoms with E-state index in [2.05, 4.69) is 16.4 Å². The van der Waals surface area contributed by atoms with Gasteiger partial charge in [0.25, 0.3) is 5.91 Å². The van der Waals surface area contributed by atoms with Gasteiger partial charge >= 0.3 is 0 Å². The summed E-state index contributed by atoms with van der Waals surface area (Å²) in [5.74, 6) is 1.46. The lowest BCUT2D eigenvalue weighted by molar-refractivity contribution is -0.141. The second-order valence-corrected chi connectivity index (χ2v) is 7.43. The second-order valence-electron chi connectivity index (χ2n) is 7.43. The Morgan fingerprint density at radius 1 is 1.22 bits per heavy atom. The molecule has 1 N–H and O–H groups in total. The van der Waals surface area contributed by atoms with E-state index >= 15 is 0 Å². The van der Waals surface area contributed by atoms with Crippen LogP contribution in [0.1, 0.15) is 30.5 Å². The van der Waals surface area contributed by atoms with Gasteiger partial charge in [0, 0.05) is 38.9 Å². The normalized spacial score (nSPS) is 20.2. The van der Waals surface area contributed by atoms with E-state index in [0.717, 1.165) is 56.8 Å². The van der Waals surface area contributed by atoms with Crippen molar-refractivity contribution >= 4 is 5.91 Å². The predicted octanol–water partition coefficient (Wildman–Crippen LogP) is 1.45. The molecular formula is C20H26N4O3. The maximum Gasteiger partial charge on any atom is 0.263 e. The average Bonchev–Trinajstić information content (AvgIpc) is 3.15. The number of hydrogen-bond donors (Lipinski definition) is 1. The van der Waals surface area contributed by atoms with Crippen molar-refractivity contribution in [3.63, 3.8) is 0 Å². The Kier molecular flexibility index (Phi) is 5.38. The highest BCUT2D eigenvalue weighted by atomic mass is 16.5. The minimum atomic E-state index is -0.354. The van der Waals surface area contributed by atoms with Gasteiger partial charge in [-0.25, -0.2) is 0 Å². The lowest BCUT2D eigenvalue weighted by atomic mass is 9.95. The van der Waals surface area contributed by atoms with Gasteiger partial charge in [-0.15, -0.1) is 5.10 Å². The predicted molar refractivity (Wildman–Crippen MR) is 99.3 cm³/mol. The number of aliphatic hydroxyl groups excluding tert-OH is 1. The number of benzene rings is 1. The van der Waals surface area contributed by atoms with Gasteiger partial charge in [0.05, 0.1) is 5.69 Å². The molecule has 0 bridgehead atoms. The molecule has 1 unspecified atom stereocenters. The third-order valence-electron chi connectivity index (χ3n) is 5.52. The summed E-state index contributed by atoms with van der Waals surface area (Å²) in [7, 11) is 0. The molecule has 1 atom stereocenters. The Morgan fingerprint density at radius 3 is 2.85 bits per heavy atom. The lowest BCUT2D eigenvalue weighted by Crippen LogP contribution is -2.47. The van der Waals surface area contributed by atoms with Crippen LogP contribution in [0.3, 0.4) is 0 Å². The number of piperidine rings is 1. The molecule has 4 rings (SSSR count). The van der Waals surface area contributed by atoms with Crippen molar-refractivity contribution < 1.29 is 14.6 Å². The first-order chi connectivity index (χ1) is 13.2. The van der Waals surface area contributed by atoms with Gasteiger partial charge in [0.15, 0.2) is 6.10 Å². The van der Waals surface area contributed by atoms with E-state index in [1.54, 1.807) is 0 Å². The van der Waals surface area contributed by atoms with E-state index in [4.69, 9.17) is 9.84 Å². The Morgan fingerprint density at radius 2 is 2.04 bits per heavy atom. The second kappa shape index (κ2) is 8.08. The van der Waals surface area contributed by atoms with Gasteiger partial charge in [-0.1, -0.05) is 23.4 Å². The molecule has 1 aromatic carbocycles. The van der Waals surface area contributed by atoms with E-state index < -0.39 is 0 Å². The van der Waals surface area contributed by atoms with Crippen LogP contribution in [0.5, 0.6) is 5.75 Å². The zero-order valence-corrected chi connectivity index (χ0v) is 15.5. The third kappa shape index (κ3) is 4.13. The SMILES string of the molecule is O=C(C1CCc2ccccc2O1)N1CCC(Cn2cc(CCO)nn2)CC1. The van der Waals surface area contributed by atoms with E-state index in [1.807, 2.05) is 34.0 Å². The number of para-hydroxylation sites is 1. The number of nitrogens with zero attached hydrogens (tertiary/aromatic N) is 4. The zero-order valence-electron chi connectivity index (χ0n) is 15.5. The molecule has 2 aliphatic heterocycles. The van der Waals surface area contributed by atoms with Crippen LogP contribution in [0.2, 0.25) is 0 Å². The zero-order chi connectivity index (χ0) is 18.6. The Labute approximate surface area is 158 Å². The van der Waals surface area contributed by atoms with Crippen LogP contribution < -0.4 is 4.74 Å². The first-order valence-corrected chi connectivity index (χ1v) is 9.76. The molecule has 2 aromatic rings. The molecule has 27 heavy (non-hydrogen) atoms. The molecule has 0 spiro atoms. The summed E-state index contributed by atoms with van der Waals surface area (Å²) >= 11 is 0. The molecule has 1 saturated heterocycles. The van der Waals surface area contributed by atoms with E-state index in [9.17, 15) is 4.79 Å². The average molecular weight is 370 g/mol. The largest absolute Gasteiger partial charge is 0.480 e. The van der Waals surface area contributed by atoms with Crippen molar-refractivity contribution in [2.45, 2.75) is 44.8 Å². The lowest BCUT2D eigenvalue weighted by Gasteiger charge is -2.35. The molecule has 7 heteroatoms. The highest BCUT2D eigenvalue weighted by Gasteiger charge is 2.32. The molecule has 1 fully saturated rings.